The SMILES string of the molecule is C/C(=N/NC(=O)CCc1ccccc1)c1cccc(O)c1. The maximum absolute atomic E-state index is 11.8. The first kappa shape index (κ1) is 14.8. The molecular formula is C17H18N2O2. The topological polar surface area (TPSA) is 61.7 Å². The normalized spacial score (nSPS) is 11.2. The molecule has 0 aliphatic carbocycles. The van der Waals surface area contributed by atoms with Crippen molar-refractivity contribution in [3.8, 4) is 5.75 Å². The first-order valence-corrected chi connectivity index (χ1v) is 6.81. The Kier molecular flexibility index (Phi) is 5.10. The van der Waals surface area contributed by atoms with Crippen LogP contribution in [0.25, 0.3) is 0 Å². The fourth-order valence-corrected chi connectivity index (χ4v) is 1.90. The molecule has 1 amide bonds. The van der Waals surface area contributed by atoms with Crippen LogP contribution in [0.4, 0.5) is 0 Å². The summed E-state index contributed by atoms with van der Waals surface area (Å²) in [4.78, 5) is 11.8. The van der Waals surface area contributed by atoms with Crippen LogP contribution in [0.15, 0.2) is 59.7 Å². The molecule has 0 heterocycles. The standard InChI is InChI=1S/C17H18N2O2/c1-13(15-8-5-9-16(20)12-15)18-19-17(21)11-10-14-6-3-2-4-7-14/h2-9,12,20H,10-11H2,1H3,(H,19,21)/b18-13-. The maximum atomic E-state index is 11.8. The average molecular weight is 282 g/mol. The van der Waals surface area contributed by atoms with E-state index in [1.807, 2.05) is 36.4 Å². The third-order valence-corrected chi connectivity index (χ3v) is 3.10. The zero-order chi connectivity index (χ0) is 15.1. The third-order valence-electron chi connectivity index (χ3n) is 3.10. The number of nitrogens with zero attached hydrogens (tertiary/aromatic N) is 1. The van der Waals surface area contributed by atoms with Gasteiger partial charge in [0.1, 0.15) is 5.75 Å². The number of aromatic hydroxyl groups is 1. The fraction of sp³-hybridized carbons (Fsp3) is 0.176. The Hall–Kier alpha value is -2.62. The Morgan fingerprint density at radius 1 is 1.14 bits per heavy atom. The smallest absolute Gasteiger partial charge is 0.240 e. The van der Waals surface area contributed by atoms with Gasteiger partial charge in [-0.15, -0.1) is 0 Å². The lowest BCUT2D eigenvalue weighted by atomic mass is 10.1. The number of amides is 1. The Balaban J connectivity index is 1.87. The van der Waals surface area contributed by atoms with E-state index < -0.39 is 0 Å². The number of hydrazone groups is 1. The molecule has 2 rings (SSSR count). The quantitative estimate of drug-likeness (QED) is 0.654. The minimum Gasteiger partial charge on any atom is -0.508 e. The first-order chi connectivity index (χ1) is 10.1. The molecule has 0 saturated heterocycles. The number of hydrogen-bond donors (Lipinski definition) is 2. The van der Waals surface area contributed by atoms with Crippen molar-refractivity contribution in [2.45, 2.75) is 19.8 Å². The van der Waals surface area contributed by atoms with Crippen molar-refractivity contribution in [1.29, 1.82) is 0 Å². The molecule has 0 aliphatic rings. The zero-order valence-corrected chi connectivity index (χ0v) is 11.9. The van der Waals surface area contributed by atoms with Gasteiger partial charge in [0.2, 0.25) is 5.91 Å². The van der Waals surface area contributed by atoms with Crippen molar-refractivity contribution >= 4 is 11.6 Å². The van der Waals surface area contributed by atoms with E-state index in [4.69, 9.17) is 0 Å². The molecule has 0 aliphatic heterocycles. The lowest BCUT2D eigenvalue weighted by molar-refractivity contribution is -0.121. The largest absolute Gasteiger partial charge is 0.508 e. The number of benzene rings is 2. The molecule has 0 aromatic heterocycles. The molecule has 0 radical (unpaired) electrons. The van der Waals surface area contributed by atoms with E-state index in [2.05, 4.69) is 10.5 Å². The lowest BCUT2D eigenvalue weighted by Crippen LogP contribution is -2.19. The summed E-state index contributed by atoms with van der Waals surface area (Å²) < 4.78 is 0. The van der Waals surface area contributed by atoms with Gasteiger partial charge in [-0.1, -0.05) is 42.5 Å². The van der Waals surface area contributed by atoms with Gasteiger partial charge in [-0.3, -0.25) is 4.79 Å². The van der Waals surface area contributed by atoms with Crippen molar-refractivity contribution in [2.75, 3.05) is 0 Å². The number of carbonyl (C=O) groups excluding carboxylic acids is 1. The monoisotopic (exact) mass is 282 g/mol. The van der Waals surface area contributed by atoms with Crippen molar-refractivity contribution in [3.05, 3.63) is 65.7 Å². The van der Waals surface area contributed by atoms with E-state index in [0.717, 1.165) is 11.1 Å². The molecule has 0 fully saturated rings. The van der Waals surface area contributed by atoms with E-state index in [1.54, 1.807) is 25.1 Å². The van der Waals surface area contributed by atoms with Crippen LogP contribution in [-0.4, -0.2) is 16.7 Å². The van der Waals surface area contributed by atoms with Crippen molar-refractivity contribution in [3.63, 3.8) is 0 Å². The van der Waals surface area contributed by atoms with Crippen molar-refractivity contribution in [1.82, 2.24) is 5.43 Å². The average Bonchev–Trinajstić information content (AvgIpc) is 2.51. The highest BCUT2D eigenvalue weighted by atomic mass is 16.3. The summed E-state index contributed by atoms with van der Waals surface area (Å²) in [7, 11) is 0. The van der Waals surface area contributed by atoms with Gasteiger partial charge in [0.15, 0.2) is 0 Å². The highest BCUT2D eigenvalue weighted by Gasteiger charge is 2.03. The van der Waals surface area contributed by atoms with Gasteiger partial charge in [0, 0.05) is 12.0 Å². The number of phenols is 1. The minimum absolute atomic E-state index is 0.127. The molecule has 21 heavy (non-hydrogen) atoms. The molecule has 0 saturated carbocycles. The van der Waals surface area contributed by atoms with E-state index in [0.29, 0.717) is 18.6 Å². The molecule has 0 atom stereocenters. The predicted octanol–water partition coefficient (Wildman–Crippen LogP) is 2.87. The molecule has 0 unspecified atom stereocenters. The number of aryl methyl sites for hydroxylation is 1. The highest BCUT2D eigenvalue weighted by Crippen LogP contribution is 2.11. The highest BCUT2D eigenvalue weighted by molar-refractivity contribution is 5.99. The molecule has 2 aromatic rings. The van der Waals surface area contributed by atoms with Crippen LogP contribution >= 0.6 is 0 Å². The Bertz CT molecular complexity index is 636. The van der Waals surface area contributed by atoms with Crippen LogP contribution in [0.2, 0.25) is 0 Å². The first-order valence-electron chi connectivity index (χ1n) is 6.81. The Morgan fingerprint density at radius 3 is 2.62 bits per heavy atom. The van der Waals surface area contributed by atoms with Crippen LogP contribution in [-0.2, 0) is 11.2 Å². The van der Waals surface area contributed by atoms with E-state index >= 15 is 0 Å². The van der Waals surface area contributed by atoms with Crippen molar-refractivity contribution < 1.29 is 9.90 Å². The molecule has 4 nitrogen and oxygen atoms in total. The summed E-state index contributed by atoms with van der Waals surface area (Å²) in [6.07, 6.45) is 1.08. The Labute approximate surface area is 124 Å². The third kappa shape index (κ3) is 4.76. The number of phenolic OH excluding ortho intramolecular Hbond substituents is 1. The van der Waals surface area contributed by atoms with Crippen LogP contribution in [0.5, 0.6) is 5.75 Å². The lowest BCUT2D eigenvalue weighted by Gasteiger charge is -2.04. The predicted molar refractivity (Wildman–Crippen MR) is 83.2 cm³/mol. The van der Waals surface area contributed by atoms with Crippen LogP contribution < -0.4 is 5.43 Å². The van der Waals surface area contributed by atoms with Crippen molar-refractivity contribution in [2.24, 2.45) is 5.10 Å². The number of carbonyl (C=O) groups is 1. The minimum atomic E-state index is -0.127. The number of rotatable bonds is 5. The Morgan fingerprint density at radius 2 is 1.90 bits per heavy atom. The second kappa shape index (κ2) is 7.24. The van der Waals surface area contributed by atoms with Gasteiger partial charge in [-0.05, 0) is 31.0 Å². The summed E-state index contributed by atoms with van der Waals surface area (Å²) in [5.41, 5.74) is 5.09. The molecule has 2 aromatic carbocycles. The van der Waals surface area contributed by atoms with Crippen LogP contribution in [0.1, 0.15) is 24.5 Å². The zero-order valence-electron chi connectivity index (χ0n) is 11.9. The summed E-state index contributed by atoms with van der Waals surface area (Å²) in [5.74, 6) is 0.0517. The van der Waals surface area contributed by atoms with Gasteiger partial charge in [0.25, 0.3) is 0 Å². The number of hydrogen-bond acceptors (Lipinski definition) is 3. The maximum Gasteiger partial charge on any atom is 0.240 e. The summed E-state index contributed by atoms with van der Waals surface area (Å²) in [6.45, 7) is 1.78. The molecule has 108 valence electrons. The van der Waals surface area contributed by atoms with Gasteiger partial charge in [-0.25, -0.2) is 5.43 Å². The van der Waals surface area contributed by atoms with Gasteiger partial charge in [0.05, 0.1) is 5.71 Å². The second-order valence-corrected chi connectivity index (χ2v) is 4.77. The molecule has 4 heteroatoms. The summed E-state index contributed by atoms with van der Waals surface area (Å²) in [5, 5.41) is 13.5. The molecule has 0 spiro atoms. The molecule has 0 bridgehead atoms. The van der Waals surface area contributed by atoms with Gasteiger partial charge < -0.3 is 5.11 Å². The fourth-order valence-electron chi connectivity index (χ4n) is 1.90. The van der Waals surface area contributed by atoms with E-state index in [9.17, 15) is 9.90 Å². The van der Waals surface area contributed by atoms with Crippen LogP contribution in [0, 0.1) is 0 Å². The van der Waals surface area contributed by atoms with E-state index in [-0.39, 0.29) is 11.7 Å². The summed E-state index contributed by atoms with van der Waals surface area (Å²) in [6, 6.07) is 16.6. The number of nitrogens with one attached hydrogen (secondary N) is 1. The molecule has 2 N–H and O–H groups in total. The van der Waals surface area contributed by atoms with Gasteiger partial charge in [-0.2, -0.15) is 5.10 Å². The molecular weight excluding hydrogens is 264 g/mol. The van der Waals surface area contributed by atoms with Gasteiger partial charge >= 0.3 is 0 Å². The summed E-state index contributed by atoms with van der Waals surface area (Å²) >= 11 is 0. The van der Waals surface area contributed by atoms with E-state index in [1.165, 1.54) is 0 Å². The second-order valence-electron chi connectivity index (χ2n) is 4.77. The van der Waals surface area contributed by atoms with Crippen LogP contribution in [0.3, 0.4) is 0 Å².